The van der Waals surface area contributed by atoms with Crippen molar-refractivity contribution in [2.45, 2.75) is 348 Å². The number of ether oxygens (including phenoxy) is 3. The van der Waals surface area contributed by atoms with Crippen LogP contribution in [0.25, 0.3) is 0 Å². The lowest BCUT2D eigenvalue weighted by molar-refractivity contribution is -0.167. The molecule has 0 aromatic heterocycles. The Balaban J connectivity index is 4.37. The number of allylic oxidation sites excluding steroid dienone is 8. The van der Waals surface area contributed by atoms with Gasteiger partial charge in [0.1, 0.15) is 13.2 Å². The standard InChI is InChI=1S/C67H122O6/c1-4-7-10-13-16-19-22-25-28-31-33-36-39-42-45-48-51-54-57-60-66(69)72-63-64(62-71-65(68)59-56-53-50-47-44-41-38-35-30-27-24-21-18-15-12-9-6-3)73-67(70)61-58-55-52-49-46-43-40-37-34-32-29-26-23-20-17-14-11-8-5-2/h16,19,25-26,28-29,33,36,64H,4-15,17-18,20-24,27,30-32,34-35,37-63H2,1-3H3/b19-16-,28-25-,29-26-,36-33-. The zero-order valence-electron chi connectivity index (χ0n) is 48.9. The van der Waals surface area contributed by atoms with Gasteiger partial charge in [-0.1, -0.05) is 288 Å². The first kappa shape index (κ1) is 70.4. The summed E-state index contributed by atoms with van der Waals surface area (Å²) in [6.45, 7) is 6.65. The van der Waals surface area contributed by atoms with Crippen molar-refractivity contribution in [2.75, 3.05) is 13.2 Å². The Hall–Kier alpha value is -2.63. The summed E-state index contributed by atoms with van der Waals surface area (Å²) in [5.74, 6) is -0.868. The fourth-order valence-corrected chi connectivity index (χ4v) is 9.45. The number of hydrogen-bond acceptors (Lipinski definition) is 6. The molecule has 0 fully saturated rings. The second kappa shape index (κ2) is 61.9. The van der Waals surface area contributed by atoms with E-state index in [9.17, 15) is 14.4 Å². The molecule has 0 aliphatic carbocycles. The summed E-state index contributed by atoms with van der Waals surface area (Å²) < 4.78 is 16.9. The van der Waals surface area contributed by atoms with E-state index < -0.39 is 6.10 Å². The molecule has 0 rings (SSSR count). The molecule has 1 atom stereocenters. The van der Waals surface area contributed by atoms with E-state index >= 15 is 0 Å². The smallest absolute Gasteiger partial charge is 0.306 e. The van der Waals surface area contributed by atoms with Gasteiger partial charge in [-0.3, -0.25) is 14.4 Å². The zero-order chi connectivity index (χ0) is 52.9. The maximum absolute atomic E-state index is 12.9. The van der Waals surface area contributed by atoms with Crippen LogP contribution in [0, 0.1) is 0 Å². The number of esters is 3. The number of carbonyl (C=O) groups excluding carboxylic acids is 3. The van der Waals surface area contributed by atoms with Crippen LogP contribution in [0.15, 0.2) is 48.6 Å². The Morgan fingerprint density at radius 1 is 0.274 bits per heavy atom. The summed E-state index contributed by atoms with van der Waals surface area (Å²) in [4.78, 5) is 38.3. The molecule has 0 radical (unpaired) electrons. The molecule has 0 amide bonds. The van der Waals surface area contributed by atoms with Gasteiger partial charge >= 0.3 is 17.9 Å². The Bertz CT molecular complexity index is 1270. The number of carbonyl (C=O) groups is 3. The third-order valence-electron chi connectivity index (χ3n) is 14.3. The van der Waals surface area contributed by atoms with Gasteiger partial charge in [0, 0.05) is 19.3 Å². The molecule has 0 aliphatic heterocycles. The van der Waals surface area contributed by atoms with Gasteiger partial charge in [-0.25, -0.2) is 0 Å². The second-order valence-electron chi connectivity index (χ2n) is 21.7. The summed E-state index contributed by atoms with van der Waals surface area (Å²) in [7, 11) is 0. The fourth-order valence-electron chi connectivity index (χ4n) is 9.45. The summed E-state index contributed by atoms with van der Waals surface area (Å²) in [5.41, 5.74) is 0. The van der Waals surface area contributed by atoms with E-state index in [0.29, 0.717) is 19.3 Å². The molecular formula is C67H122O6. The second-order valence-corrected chi connectivity index (χ2v) is 21.7. The normalized spacial score (nSPS) is 12.3. The van der Waals surface area contributed by atoms with E-state index in [1.807, 2.05) is 0 Å². The molecule has 0 bridgehead atoms. The summed E-state index contributed by atoms with van der Waals surface area (Å²) in [5, 5.41) is 0. The monoisotopic (exact) mass is 1020 g/mol. The highest BCUT2D eigenvalue weighted by molar-refractivity contribution is 5.71. The van der Waals surface area contributed by atoms with Gasteiger partial charge in [0.15, 0.2) is 6.10 Å². The molecule has 0 N–H and O–H groups in total. The van der Waals surface area contributed by atoms with Crippen molar-refractivity contribution in [1.82, 2.24) is 0 Å². The lowest BCUT2D eigenvalue weighted by atomic mass is 10.0. The van der Waals surface area contributed by atoms with Crippen LogP contribution in [0.4, 0.5) is 0 Å². The van der Waals surface area contributed by atoms with E-state index in [1.165, 1.54) is 225 Å². The predicted molar refractivity (Wildman–Crippen MR) is 316 cm³/mol. The van der Waals surface area contributed by atoms with Crippen LogP contribution >= 0.6 is 0 Å². The van der Waals surface area contributed by atoms with Crippen LogP contribution in [-0.4, -0.2) is 37.2 Å². The average Bonchev–Trinajstić information content (AvgIpc) is 3.39. The van der Waals surface area contributed by atoms with Crippen molar-refractivity contribution in [1.29, 1.82) is 0 Å². The quantitative estimate of drug-likeness (QED) is 0.0261. The van der Waals surface area contributed by atoms with Crippen molar-refractivity contribution >= 4 is 17.9 Å². The Kier molecular flexibility index (Phi) is 59.7. The van der Waals surface area contributed by atoms with Crippen LogP contribution in [0.2, 0.25) is 0 Å². The molecule has 0 aromatic carbocycles. The first-order valence-electron chi connectivity index (χ1n) is 32.1. The highest BCUT2D eigenvalue weighted by Gasteiger charge is 2.19. The van der Waals surface area contributed by atoms with E-state index in [2.05, 4.69) is 69.4 Å². The van der Waals surface area contributed by atoms with Crippen molar-refractivity contribution in [3.8, 4) is 0 Å². The minimum atomic E-state index is -0.779. The Morgan fingerprint density at radius 2 is 0.493 bits per heavy atom. The molecular weight excluding hydrogens is 901 g/mol. The van der Waals surface area contributed by atoms with Crippen LogP contribution in [0.1, 0.15) is 342 Å². The van der Waals surface area contributed by atoms with E-state index in [0.717, 1.165) is 77.0 Å². The molecule has 0 heterocycles. The SMILES string of the molecule is CCCCC/C=C\C/C=C\C/C=C\CCCCCCCCC(=O)OCC(COC(=O)CCCCCCCCCCCCCCCCCCC)OC(=O)CCCCCCCCCCC/C=C\CCCCCCCC. The highest BCUT2D eigenvalue weighted by atomic mass is 16.6. The topological polar surface area (TPSA) is 78.9 Å². The molecule has 6 heteroatoms. The lowest BCUT2D eigenvalue weighted by Gasteiger charge is -2.18. The van der Waals surface area contributed by atoms with Gasteiger partial charge in [0.2, 0.25) is 0 Å². The third-order valence-corrected chi connectivity index (χ3v) is 14.3. The van der Waals surface area contributed by atoms with Crippen molar-refractivity contribution in [3.05, 3.63) is 48.6 Å². The van der Waals surface area contributed by atoms with Gasteiger partial charge in [0.25, 0.3) is 0 Å². The van der Waals surface area contributed by atoms with Crippen LogP contribution in [0.5, 0.6) is 0 Å². The highest BCUT2D eigenvalue weighted by Crippen LogP contribution is 2.17. The maximum atomic E-state index is 12.9. The van der Waals surface area contributed by atoms with Crippen LogP contribution < -0.4 is 0 Å². The summed E-state index contributed by atoms with van der Waals surface area (Å²) in [6, 6.07) is 0. The van der Waals surface area contributed by atoms with Gasteiger partial charge in [-0.15, -0.1) is 0 Å². The first-order chi connectivity index (χ1) is 36.0. The summed E-state index contributed by atoms with van der Waals surface area (Å²) >= 11 is 0. The van der Waals surface area contributed by atoms with Crippen molar-refractivity contribution in [3.63, 3.8) is 0 Å². The molecule has 0 spiro atoms. The number of hydrogen-bond donors (Lipinski definition) is 0. The molecule has 0 aromatic rings. The van der Waals surface area contributed by atoms with Crippen LogP contribution in [-0.2, 0) is 28.6 Å². The van der Waals surface area contributed by atoms with Gasteiger partial charge in [-0.05, 0) is 83.5 Å². The Morgan fingerprint density at radius 3 is 0.808 bits per heavy atom. The third kappa shape index (κ3) is 60.1. The maximum Gasteiger partial charge on any atom is 0.306 e. The molecule has 1 unspecified atom stereocenters. The van der Waals surface area contributed by atoms with E-state index in [4.69, 9.17) is 14.2 Å². The minimum Gasteiger partial charge on any atom is -0.462 e. The largest absolute Gasteiger partial charge is 0.462 e. The minimum absolute atomic E-state index is 0.0744. The van der Waals surface area contributed by atoms with Gasteiger partial charge in [0.05, 0.1) is 0 Å². The molecule has 0 saturated carbocycles. The lowest BCUT2D eigenvalue weighted by Crippen LogP contribution is -2.30. The molecule has 0 aliphatic rings. The fraction of sp³-hybridized carbons (Fsp3) is 0.836. The number of unbranched alkanes of at least 4 members (excludes halogenated alkanes) is 40. The Labute approximate surface area is 454 Å². The molecule has 6 nitrogen and oxygen atoms in total. The van der Waals surface area contributed by atoms with E-state index in [1.54, 1.807) is 0 Å². The van der Waals surface area contributed by atoms with Crippen molar-refractivity contribution < 1.29 is 28.6 Å². The number of rotatable bonds is 59. The van der Waals surface area contributed by atoms with Crippen molar-refractivity contribution in [2.24, 2.45) is 0 Å². The van der Waals surface area contributed by atoms with Crippen LogP contribution in [0.3, 0.4) is 0 Å². The predicted octanol–water partition coefficient (Wildman–Crippen LogP) is 21.8. The molecule has 426 valence electrons. The average molecular weight is 1020 g/mol. The summed E-state index contributed by atoms with van der Waals surface area (Å²) in [6.07, 6.45) is 76.8. The van der Waals surface area contributed by atoms with Gasteiger partial charge < -0.3 is 14.2 Å². The van der Waals surface area contributed by atoms with E-state index in [-0.39, 0.29) is 31.1 Å². The first-order valence-corrected chi connectivity index (χ1v) is 32.1. The zero-order valence-corrected chi connectivity index (χ0v) is 48.9. The van der Waals surface area contributed by atoms with Gasteiger partial charge in [-0.2, -0.15) is 0 Å². The molecule has 0 saturated heterocycles. The molecule has 73 heavy (non-hydrogen) atoms.